The lowest BCUT2D eigenvalue weighted by molar-refractivity contribution is 0.205. The second-order valence-corrected chi connectivity index (χ2v) is 9.98. The number of nitrogens with one attached hydrogen (secondary N) is 1. The van der Waals surface area contributed by atoms with E-state index in [0.717, 1.165) is 22.1 Å². The predicted molar refractivity (Wildman–Crippen MR) is 117 cm³/mol. The Balaban J connectivity index is 1.23. The van der Waals surface area contributed by atoms with Gasteiger partial charge in [-0.25, -0.2) is 13.2 Å². The van der Waals surface area contributed by atoms with Crippen molar-refractivity contribution in [3.8, 4) is 0 Å². The zero-order valence-electron chi connectivity index (χ0n) is 17.1. The first-order valence-electron chi connectivity index (χ1n) is 10.2. The summed E-state index contributed by atoms with van der Waals surface area (Å²) in [6.07, 6.45) is 1.55. The number of sulfonamides is 1. The molecule has 31 heavy (non-hydrogen) atoms. The number of hydrogen-bond acceptors (Lipinski definition) is 4. The maximum absolute atomic E-state index is 13.1. The van der Waals surface area contributed by atoms with Crippen LogP contribution in [0.3, 0.4) is 0 Å². The zero-order chi connectivity index (χ0) is 21.6. The molecule has 7 nitrogen and oxygen atoms in total. The highest BCUT2D eigenvalue weighted by Gasteiger charge is 2.37. The molecular formula is C23H23N3O4S. The fraction of sp³-hybridized carbons (Fsp3) is 0.261. The normalized spacial score (nSPS) is 17.9. The standard InChI is InChI=1S/C23H23N3O4S/c1-16(17-5-3-2-4-6-17)24-23(27)25-12-19-14-26(15-20(19)13-25)31(28,29)21-7-8-22-18(11-21)9-10-30-22/h2-11,16H,12-15H2,1H3,(H,24,27)/t16-/m0/s1. The molecule has 3 heterocycles. The molecule has 2 aromatic carbocycles. The Labute approximate surface area is 181 Å². The van der Waals surface area contributed by atoms with Crippen molar-refractivity contribution in [2.24, 2.45) is 0 Å². The van der Waals surface area contributed by atoms with Gasteiger partial charge in [-0.15, -0.1) is 0 Å². The van der Waals surface area contributed by atoms with E-state index < -0.39 is 10.0 Å². The van der Waals surface area contributed by atoms with Crippen molar-refractivity contribution in [1.29, 1.82) is 0 Å². The third-order valence-electron chi connectivity index (χ3n) is 5.99. The van der Waals surface area contributed by atoms with E-state index in [2.05, 4.69) is 5.32 Å². The highest BCUT2D eigenvalue weighted by atomic mass is 32.2. The first-order valence-corrected chi connectivity index (χ1v) is 11.6. The predicted octanol–water partition coefficient (Wildman–Crippen LogP) is 3.52. The van der Waals surface area contributed by atoms with Gasteiger partial charge in [0.15, 0.2) is 0 Å². The van der Waals surface area contributed by atoms with Gasteiger partial charge in [-0.05, 0) is 47.9 Å². The van der Waals surface area contributed by atoms with Crippen LogP contribution in [0.1, 0.15) is 18.5 Å². The first-order chi connectivity index (χ1) is 14.9. The quantitative estimate of drug-likeness (QED) is 0.633. The van der Waals surface area contributed by atoms with Crippen LogP contribution >= 0.6 is 0 Å². The van der Waals surface area contributed by atoms with Crippen LogP contribution in [0, 0.1) is 0 Å². The number of hydrogen-bond donors (Lipinski definition) is 1. The monoisotopic (exact) mass is 437 g/mol. The Morgan fingerprint density at radius 1 is 1.00 bits per heavy atom. The van der Waals surface area contributed by atoms with E-state index in [1.54, 1.807) is 35.4 Å². The molecule has 2 aliphatic rings. The van der Waals surface area contributed by atoms with E-state index in [1.807, 2.05) is 37.3 Å². The van der Waals surface area contributed by atoms with Crippen molar-refractivity contribution in [3.63, 3.8) is 0 Å². The minimum atomic E-state index is -3.61. The lowest BCUT2D eigenvalue weighted by Gasteiger charge is -2.24. The molecule has 1 atom stereocenters. The third kappa shape index (κ3) is 3.62. The van der Waals surface area contributed by atoms with E-state index in [1.165, 1.54) is 4.31 Å². The molecule has 5 rings (SSSR count). The average molecular weight is 438 g/mol. The van der Waals surface area contributed by atoms with Crippen LogP contribution in [0.5, 0.6) is 0 Å². The highest BCUT2D eigenvalue weighted by molar-refractivity contribution is 7.89. The van der Waals surface area contributed by atoms with Gasteiger partial charge in [-0.1, -0.05) is 30.3 Å². The fourth-order valence-corrected chi connectivity index (χ4v) is 5.68. The summed E-state index contributed by atoms with van der Waals surface area (Å²) in [7, 11) is -3.61. The Kier molecular flexibility index (Phi) is 4.83. The summed E-state index contributed by atoms with van der Waals surface area (Å²) in [5, 5.41) is 3.79. The maximum atomic E-state index is 13.1. The van der Waals surface area contributed by atoms with Crippen LogP contribution in [-0.4, -0.2) is 49.8 Å². The average Bonchev–Trinajstić information content (AvgIpc) is 3.48. The van der Waals surface area contributed by atoms with Crippen molar-refractivity contribution in [2.45, 2.75) is 17.9 Å². The number of amides is 2. The Morgan fingerprint density at radius 3 is 2.42 bits per heavy atom. The van der Waals surface area contributed by atoms with Gasteiger partial charge in [0.1, 0.15) is 5.58 Å². The number of carbonyl (C=O) groups is 1. The van der Waals surface area contributed by atoms with Crippen molar-refractivity contribution >= 4 is 27.0 Å². The van der Waals surface area contributed by atoms with Crippen LogP contribution < -0.4 is 5.32 Å². The summed E-state index contributed by atoms with van der Waals surface area (Å²) in [6.45, 7) is 3.50. The molecule has 0 radical (unpaired) electrons. The molecule has 1 N–H and O–H groups in total. The van der Waals surface area contributed by atoms with Crippen LogP contribution in [0.2, 0.25) is 0 Å². The Morgan fingerprint density at radius 2 is 1.71 bits per heavy atom. The molecule has 0 bridgehead atoms. The summed E-state index contributed by atoms with van der Waals surface area (Å²) in [4.78, 5) is 14.7. The van der Waals surface area contributed by atoms with Crippen molar-refractivity contribution < 1.29 is 17.6 Å². The van der Waals surface area contributed by atoms with E-state index in [0.29, 0.717) is 31.8 Å². The molecule has 0 fully saturated rings. The summed E-state index contributed by atoms with van der Waals surface area (Å²) < 4.78 is 33.0. The summed E-state index contributed by atoms with van der Waals surface area (Å²) in [5.41, 5.74) is 3.72. The van der Waals surface area contributed by atoms with Gasteiger partial charge in [0, 0.05) is 31.6 Å². The largest absolute Gasteiger partial charge is 0.464 e. The minimum Gasteiger partial charge on any atom is -0.464 e. The smallest absolute Gasteiger partial charge is 0.318 e. The molecule has 0 spiro atoms. The van der Waals surface area contributed by atoms with Crippen molar-refractivity contribution in [3.05, 3.63) is 77.6 Å². The molecule has 1 aromatic heterocycles. The number of furan rings is 1. The van der Waals surface area contributed by atoms with E-state index in [4.69, 9.17) is 4.42 Å². The number of urea groups is 1. The number of fused-ring (bicyclic) bond motifs is 1. The van der Waals surface area contributed by atoms with Gasteiger partial charge in [-0.3, -0.25) is 0 Å². The lowest BCUT2D eigenvalue weighted by atomic mass is 10.1. The van der Waals surface area contributed by atoms with Crippen LogP contribution in [0.25, 0.3) is 11.0 Å². The molecular weight excluding hydrogens is 414 g/mol. The Hall–Kier alpha value is -3.10. The molecule has 2 aliphatic heterocycles. The first kappa shape index (κ1) is 19.8. The third-order valence-corrected chi connectivity index (χ3v) is 7.77. The lowest BCUT2D eigenvalue weighted by Crippen LogP contribution is -2.42. The van der Waals surface area contributed by atoms with E-state index in [-0.39, 0.29) is 17.0 Å². The SMILES string of the molecule is C[C@H](NC(=O)N1CC2=C(C1)CN(S(=O)(=O)c1ccc3occc3c1)C2)c1ccccc1. The molecule has 8 heteroatoms. The molecule has 0 unspecified atom stereocenters. The molecule has 0 saturated carbocycles. The van der Waals surface area contributed by atoms with Crippen molar-refractivity contribution in [2.75, 3.05) is 26.2 Å². The summed E-state index contributed by atoms with van der Waals surface area (Å²) in [6, 6.07) is 16.2. The highest BCUT2D eigenvalue weighted by Crippen LogP contribution is 2.31. The topological polar surface area (TPSA) is 82.9 Å². The summed E-state index contributed by atoms with van der Waals surface area (Å²) in [5.74, 6) is 0. The molecule has 3 aromatic rings. The van der Waals surface area contributed by atoms with Gasteiger partial charge in [0.05, 0.1) is 17.2 Å². The molecule has 0 saturated heterocycles. The van der Waals surface area contributed by atoms with Gasteiger partial charge >= 0.3 is 6.03 Å². The van der Waals surface area contributed by atoms with Gasteiger partial charge in [0.25, 0.3) is 0 Å². The Bertz CT molecular complexity index is 1260. The number of nitrogens with zero attached hydrogens (tertiary/aromatic N) is 2. The molecule has 160 valence electrons. The fourth-order valence-electron chi connectivity index (χ4n) is 4.21. The van der Waals surface area contributed by atoms with Gasteiger partial charge < -0.3 is 14.6 Å². The summed E-state index contributed by atoms with van der Waals surface area (Å²) >= 11 is 0. The second-order valence-electron chi connectivity index (χ2n) is 8.04. The van der Waals surface area contributed by atoms with Crippen LogP contribution in [0.15, 0.2) is 81.3 Å². The van der Waals surface area contributed by atoms with Gasteiger partial charge in [0.2, 0.25) is 10.0 Å². The zero-order valence-corrected chi connectivity index (χ0v) is 17.9. The molecule has 0 aliphatic carbocycles. The van der Waals surface area contributed by atoms with E-state index >= 15 is 0 Å². The maximum Gasteiger partial charge on any atom is 0.318 e. The number of carbonyl (C=O) groups excluding carboxylic acids is 1. The van der Waals surface area contributed by atoms with Crippen LogP contribution in [-0.2, 0) is 10.0 Å². The number of rotatable bonds is 4. The van der Waals surface area contributed by atoms with E-state index in [9.17, 15) is 13.2 Å². The van der Waals surface area contributed by atoms with Gasteiger partial charge in [-0.2, -0.15) is 4.31 Å². The van der Waals surface area contributed by atoms with Crippen molar-refractivity contribution in [1.82, 2.24) is 14.5 Å². The number of benzene rings is 2. The van der Waals surface area contributed by atoms with Crippen LogP contribution in [0.4, 0.5) is 4.79 Å². The second kappa shape index (κ2) is 7.55. The minimum absolute atomic E-state index is 0.0983. The molecule has 2 amide bonds.